The topological polar surface area (TPSA) is 16.1 Å². The van der Waals surface area contributed by atoms with Crippen LogP contribution in [0.1, 0.15) is 11.1 Å². The Hall–Kier alpha value is -1.83. The third-order valence-corrected chi connectivity index (χ3v) is 2.72. The maximum Gasteiger partial charge on any atom is 0.135 e. The SMILES string of the molecule is Cc1ccc(N(C)c2ncccc2C)cc1. The highest BCUT2D eigenvalue weighted by atomic mass is 15.2. The molecule has 1 aromatic carbocycles. The van der Waals surface area contributed by atoms with Crippen molar-refractivity contribution in [1.29, 1.82) is 0 Å². The Balaban J connectivity index is 2.35. The van der Waals surface area contributed by atoms with Crippen LogP contribution in [0.25, 0.3) is 0 Å². The molecular weight excluding hydrogens is 196 g/mol. The van der Waals surface area contributed by atoms with Gasteiger partial charge in [0.1, 0.15) is 5.82 Å². The Bertz CT molecular complexity index is 474. The number of hydrogen-bond acceptors (Lipinski definition) is 2. The molecule has 0 saturated heterocycles. The first-order valence-electron chi connectivity index (χ1n) is 5.40. The first-order valence-corrected chi connectivity index (χ1v) is 5.40. The highest BCUT2D eigenvalue weighted by molar-refractivity contribution is 5.61. The molecule has 2 rings (SSSR count). The molecule has 2 nitrogen and oxygen atoms in total. The second-order valence-electron chi connectivity index (χ2n) is 4.04. The monoisotopic (exact) mass is 212 g/mol. The predicted octanol–water partition coefficient (Wildman–Crippen LogP) is 3.47. The highest BCUT2D eigenvalue weighted by Crippen LogP contribution is 2.24. The molecule has 2 aromatic rings. The molecule has 0 bridgehead atoms. The fraction of sp³-hybridized carbons (Fsp3) is 0.214. The van der Waals surface area contributed by atoms with Crippen LogP contribution in [0.3, 0.4) is 0 Å². The summed E-state index contributed by atoms with van der Waals surface area (Å²) in [6.45, 7) is 4.17. The van der Waals surface area contributed by atoms with Crippen LogP contribution in [0, 0.1) is 13.8 Å². The molecule has 0 radical (unpaired) electrons. The van der Waals surface area contributed by atoms with Crippen molar-refractivity contribution in [2.75, 3.05) is 11.9 Å². The summed E-state index contributed by atoms with van der Waals surface area (Å²) in [4.78, 5) is 6.51. The van der Waals surface area contributed by atoms with E-state index in [1.807, 2.05) is 19.3 Å². The number of nitrogens with zero attached hydrogens (tertiary/aromatic N) is 2. The summed E-state index contributed by atoms with van der Waals surface area (Å²) in [5, 5.41) is 0. The zero-order chi connectivity index (χ0) is 11.5. The molecule has 0 fully saturated rings. The lowest BCUT2D eigenvalue weighted by atomic mass is 10.2. The van der Waals surface area contributed by atoms with Crippen molar-refractivity contribution in [3.05, 3.63) is 53.7 Å². The minimum atomic E-state index is 1.01. The maximum absolute atomic E-state index is 4.40. The fourth-order valence-corrected chi connectivity index (χ4v) is 1.72. The molecule has 0 atom stereocenters. The molecule has 0 spiro atoms. The van der Waals surface area contributed by atoms with Gasteiger partial charge in [-0.3, -0.25) is 0 Å². The summed E-state index contributed by atoms with van der Waals surface area (Å²) in [7, 11) is 2.04. The number of aryl methyl sites for hydroxylation is 2. The predicted molar refractivity (Wildman–Crippen MR) is 68.2 cm³/mol. The van der Waals surface area contributed by atoms with E-state index in [1.54, 1.807) is 0 Å². The van der Waals surface area contributed by atoms with Gasteiger partial charge < -0.3 is 4.90 Å². The van der Waals surface area contributed by atoms with E-state index in [-0.39, 0.29) is 0 Å². The molecule has 2 heteroatoms. The lowest BCUT2D eigenvalue weighted by molar-refractivity contribution is 1.10. The molecular formula is C14H16N2. The van der Waals surface area contributed by atoms with Crippen molar-refractivity contribution < 1.29 is 0 Å². The molecule has 0 unspecified atom stereocenters. The van der Waals surface area contributed by atoms with Gasteiger partial charge in [0.2, 0.25) is 0 Å². The van der Waals surface area contributed by atoms with Crippen molar-refractivity contribution in [2.45, 2.75) is 13.8 Å². The third kappa shape index (κ3) is 2.06. The standard InChI is InChI=1S/C14H16N2/c1-11-6-8-13(9-7-11)16(3)14-12(2)5-4-10-15-14/h4-10H,1-3H3. The van der Waals surface area contributed by atoms with Crippen LogP contribution in [-0.4, -0.2) is 12.0 Å². The average Bonchev–Trinajstić information content (AvgIpc) is 2.30. The van der Waals surface area contributed by atoms with Gasteiger partial charge in [-0.2, -0.15) is 0 Å². The van der Waals surface area contributed by atoms with E-state index >= 15 is 0 Å². The van der Waals surface area contributed by atoms with Crippen LogP contribution in [0.2, 0.25) is 0 Å². The Morgan fingerprint density at radius 2 is 1.69 bits per heavy atom. The number of rotatable bonds is 2. The van der Waals surface area contributed by atoms with Gasteiger partial charge in [0.05, 0.1) is 0 Å². The molecule has 0 aliphatic heterocycles. The smallest absolute Gasteiger partial charge is 0.135 e. The minimum Gasteiger partial charge on any atom is -0.329 e. The van der Waals surface area contributed by atoms with Crippen LogP contribution < -0.4 is 4.90 Å². The summed E-state index contributed by atoms with van der Waals surface area (Å²) in [5.74, 6) is 1.01. The average molecular weight is 212 g/mol. The van der Waals surface area contributed by atoms with E-state index in [0.29, 0.717) is 0 Å². The molecule has 1 heterocycles. The van der Waals surface area contributed by atoms with E-state index in [0.717, 1.165) is 11.5 Å². The van der Waals surface area contributed by atoms with Crippen molar-refractivity contribution >= 4 is 11.5 Å². The van der Waals surface area contributed by atoms with Gasteiger partial charge in [-0.1, -0.05) is 23.8 Å². The van der Waals surface area contributed by atoms with Gasteiger partial charge >= 0.3 is 0 Å². The van der Waals surface area contributed by atoms with Gasteiger partial charge in [0.15, 0.2) is 0 Å². The Kier molecular flexibility index (Phi) is 2.91. The van der Waals surface area contributed by atoms with Crippen LogP contribution in [-0.2, 0) is 0 Å². The summed E-state index contributed by atoms with van der Waals surface area (Å²) in [6, 6.07) is 12.5. The van der Waals surface area contributed by atoms with E-state index in [1.165, 1.54) is 11.1 Å². The van der Waals surface area contributed by atoms with Gasteiger partial charge in [-0.15, -0.1) is 0 Å². The molecule has 82 valence electrons. The van der Waals surface area contributed by atoms with Gasteiger partial charge in [-0.25, -0.2) is 4.98 Å². The van der Waals surface area contributed by atoms with Gasteiger partial charge in [0.25, 0.3) is 0 Å². The van der Waals surface area contributed by atoms with E-state index < -0.39 is 0 Å². The maximum atomic E-state index is 4.40. The van der Waals surface area contributed by atoms with Crippen molar-refractivity contribution in [3.8, 4) is 0 Å². The second-order valence-corrected chi connectivity index (χ2v) is 4.04. The third-order valence-electron chi connectivity index (χ3n) is 2.72. The van der Waals surface area contributed by atoms with Crippen LogP contribution >= 0.6 is 0 Å². The fourth-order valence-electron chi connectivity index (χ4n) is 1.72. The minimum absolute atomic E-state index is 1.01. The van der Waals surface area contributed by atoms with E-state index in [9.17, 15) is 0 Å². The van der Waals surface area contributed by atoms with Crippen molar-refractivity contribution in [2.24, 2.45) is 0 Å². The van der Waals surface area contributed by atoms with Gasteiger partial charge in [0, 0.05) is 18.9 Å². The zero-order valence-electron chi connectivity index (χ0n) is 9.94. The number of hydrogen-bond donors (Lipinski definition) is 0. The quantitative estimate of drug-likeness (QED) is 0.757. The highest BCUT2D eigenvalue weighted by Gasteiger charge is 2.06. The summed E-state index contributed by atoms with van der Waals surface area (Å²) in [5.41, 5.74) is 3.62. The Morgan fingerprint density at radius 3 is 2.31 bits per heavy atom. The van der Waals surface area contributed by atoms with Crippen molar-refractivity contribution in [3.63, 3.8) is 0 Å². The summed E-state index contributed by atoms with van der Waals surface area (Å²) >= 11 is 0. The molecule has 0 aliphatic carbocycles. The molecule has 16 heavy (non-hydrogen) atoms. The van der Waals surface area contributed by atoms with Gasteiger partial charge in [-0.05, 0) is 37.6 Å². The van der Waals surface area contributed by atoms with E-state index in [2.05, 4.69) is 54.1 Å². The van der Waals surface area contributed by atoms with Crippen LogP contribution in [0.4, 0.5) is 11.5 Å². The number of benzene rings is 1. The number of anilines is 2. The molecule has 0 amide bonds. The zero-order valence-corrected chi connectivity index (χ0v) is 9.94. The lowest BCUT2D eigenvalue weighted by Gasteiger charge is -2.20. The first kappa shape index (κ1) is 10.7. The first-order chi connectivity index (χ1) is 7.68. The lowest BCUT2D eigenvalue weighted by Crippen LogP contribution is -2.12. The van der Waals surface area contributed by atoms with Crippen molar-refractivity contribution in [1.82, 2.24) is 4.98 Å². The van der Waals surface area contributed by atoms with Crippen LogP contribution in [0.15, 0.2) is 42.6 Å². The molecule has 0 N–H and O–H groups in total. The molecule has 1 aromatic heterocycles. The summed E-state index contributed by atoms with van der Waals surface area (Å²) in [6.07, 6.45) is 1.83. The largest absolute Gasteiger partial charge is 0.329 e. The number of pyridine rings is 1. The molecule has 0 saturated carbocycles. The van der Waals surface area contributed by atoms with E-state index in [4.69, 9.17) is 0 Å². The number of aromatic nitrogens is 1. The Morgan fingerprint density at radius 1 is 1.00 bits per heavy atom. The second kappa shape index (κ2) is 4.35. The summed E-state index contributed by atoms with van der Waals surface area (Å²) < 4.78 is 0. The normalized spacial score (nSPS) is 10.2. The molecule has 0 aliphatic rings. The Labute approximate surface area is 96.6 Å². The van der Waals surface area contributed by atoms with Crippen LogP contribution in [0.5, 0.6) is 0 Å².